The predicted octanol–water partition coefficient (Wildman–Crippen LogP) is 0.710. The van der Waals surface area contributed by atoms with Crippen molar-refractivity contribution in [2.45, 2.75) is 25.3 Å². The van der Waals surface area contributed by atoms with Gasteiger partial charge < -0.3 is 4.90 Å². The first-order valence-corrected chi connectivity index (χ1v) is 8.19. The van der Waals surface area contributed by atoms with E-state index in [1.807, 2.05) is 28.7 Å². The van der Waals surface area contributed by atoms with E-state index in [9.17, 15) is 0 Å². The Bertz CT molecular complexity index is 649. The van der Waals surface area contributed by atoms with Crippen molar-refractivity contribution in [1.29, 1.82) is 0 Å². The van der Waals surface area contributed by atoms with Gasteiger partial charge in [-0.1, -0.05) is 0 Å². The summed E-state index contributed by atoms with van der Waals surface area (Å²) in [6, 6.07) is 2.70. The summed E-state index contributed by atoms with van der Waals surface area (Å²) in [6.07, 6.45) is 7.49. The fourth-order valence-electron chi connectivity index (χ4n) is 3.69. The topological polar surface area (TPSA) is 42.1 Å². The molecule has 0 aromatic carbocycles. The molecule has 2 aromatic rings. The Kier molecular flexibility index (Phi) is 3.50. The average molecular weight is 300 g/mol. The molecule has 3 heterocycles. The first-order chi connectivity index (χ1) is 10.7. The molecule has 1 unspecified atom stereocenters. The fourth-order valence-corrected chi connectivity index (χ4v) is 3.69. The summed E-state index contributed by atoms with van der Waals surface area (Å²) in [6.45, 7) is 4.79. The summed E-state index contributed by atoms with van der Waals surface area (Å²) in [4.78, 5) is 5.09. The van der Waals surface area contributed by atoms with Crippen LogP contribution in [0.2, 0.25) is 0 Å². The Morgan fingerprint density at radius 3 is 2.68 bits per heavy atom. The Labute approximate surface area is 131 Å². The maximum absolute atomic E-state index is 4.77. The van der Waals surface area contributed by atoms with Gasteiger partial charge in [0, 0.05) is 51.5 Å². The Morgan fingerprint density at radius 1 is 1.14 bits per heavy atom. The van der Waals surface area contributed by atoms with Gasteiger partial charge in [-0.3, -0.25) is 9.58 Å². The smallest absolute Gasteiger partial charge is 0.151 e. The lowest BCUT2D eigenvalue weighted by atomic mass is 9.92. The highest BCUT2D eigenvalue weighted by molar-refractivity contribution is 5.28. The van der Waals surface area contributed by atoms with Crippen molar-refractivity contribution in [3.63, 3.8) is 0 Å². The third-order valence-electron chi connectivity index (χ3n) is 5.13. The van der Waals surface area contributed by atoms with Crippen LogP contribution in [0.3, 0.4) is 0 Å². The van der Waals surface area contributed by atoms with Crippen LogP contribution in [0.15, 0.2) is 18.5 Å². The minimum absolute atomic E-state index is 0.686. The van der Waals surface area contributed by atoms with Crippen LogP contribution < -0.4 is 0 Å². The van der Waals surface area contributed by atoms with Gasteiger partial charge in [0.05, 0.1) is 11.9 Å². The van der Waals surface area contributed by atoms with Crippen molar-refractivity contribution in [3.8, 4) is 5.82 Å². The number of rotatable bonds is 2. The molecular formula is C16H24N6. The second kappa shape index (κ2) is 5.52. The Morgan fingerprint density at radius 2 is 1.95 bits per heavy atom. The number of aryl methyl sites for hydroxylation is 2. The molecule has 4 rings (SSSR count). The van der Waals surface area contributed by atoms with Gasteiger partial charge in [-0.25, -0.2) is 4.68 Å². The van der Waals surface area contributed by atoms with E-state index in [1.165, 1.54) is 43.9 Å². The molecule has 1 aliphatic carbocycles. The van der Waals surface area contributed by atoms with E-state index in [1.54, 1.807) is 0 Å². The molecule has 22 heavy (non-hydrogen) atoms. The molecule has 6 nitrogen and oxygen atoms in total. The molecule has 0 spiro atoms. The first-order valence-electron chi connectivity index (χ1n) is 8.19. The van der Waals surface area contributed by atoms with E-state index in [2.05, 4.69) is 28.1 Å². The van der Waals surface area contributed by atoms with Gasteiger partial charge in [0.25, 0.3) is 0 Å². The number of piperazine rings is 1. The molecule has 2 aliphatic rings. The van der Waals surface area contributed by atoms with E-state index >= 15 is 0 Å². The molecule has 0 bridgehead atoms. The van der Waals surface area contributed by atoms with Crippen molar-refractivity contribution in [1.82, 2.24) is 29.4 Å². The molecule has 1 saturated heterocycles. The molecule has 1 atom stereocenters. The zero-order valence-electron chi connectivity index (χ0n) is 13.4. The minimum Gasteiger partial charge on any atom is -0.304 e. The number of aromatic nitrogens is 4. The van der Waals surface area contributed by atoms with E-state index in [0.29, 0.717) is 6.04 Å². The lowest BCUT2D eigenvalue weighted by Gasteiger charge is -2.39. The van der Waals surface area contributed by atoms with Crippen molar-refractivity contribution in [2.24, 2.45) is 7.05 Å². The molecule has 0 amide bonds. The Hall–Kier alpha value is -1.66. The van der Waals surface area contributed by atoms with E-state index in [-0.39, 0.29) is 0 Å². The quantitative estimate of drug-likeness (QED) is 0.819. The Balaban J connectivity index is 1.52. The molecule has 0 N–H and O–H groups in total. The molecule has 0 saturated carbocycles. The maximum atomic E-state index is 4.77. The zero-order valence-corrected chi connectivity index (χ0v) is 13.4. The van der Waals surface area contributed by atoms with Crippen molar-refractivity contribution in [3.05, 3.63) is 29.7 Å². The molecule has 6 heteroatoms. The van der Waals surface area contributed by atoms with E-state index in [0.717, 1.165) is 18.7 Å². The number of hydrogen-bond donors (Lipinski definition) is 0. The van der Waals surface area contributed by atoms with E-state index in [4.69, 9.17) is 5.10 Å². The highest BCUT2D eigenvalue weighted by Crippen LogP contribution is 2.25. The van der Waals surface area contributed by atoms with Crippen LogP contribution in [-0.2, 0) is 19.9 Å². The number of nitrogens with zero attached hydrogens (tertiary/aromatic N) is 6. The fraction of sp³-hybridized carbons (Fsp3) is 0.625. The number of fused-ring (bicyclic) bond motifs is 1. The normalized spacial score (nSPS) is 23.6. The van der Waals surface area contributed by atoms with Crippen LogP contribution >= 0.6 is 0 Å². The molecule has 1 fully saturated rings. The highest BCUT2D eigenvalue weighted by atomic mass is 15.4. The lowest BCUT2D eigenvalue weighted by molar-refractivity contribution is 0.104. The summed E-state index contributed by atoms with van der Waals surface area (Å²) < 4.78 is 3.86. The first kappa shape index (κ1) is 14.0. The largest absolute Gasteiger partial charge is 0.304 e. The molecule has 1 aliphatic heterocycles. The average Bonchev–Trinajstić information content (AvgIpc) is 3.12. The second-order valence-corrected chi connectivity index (χ2v) is 6.59. The molecule has 0 radical (unpaired) electrons. The van der Waals surface area contributed by atoms with Gasteiger partial charge in [0.1, 0.15) is 0 Å². The van der Waals surface area contributed by atoms with Crippen molar-refractivity contribution in [2.75, 3.05) is 33.2 Å². The second-order valence-electron chi connectivity index (χ2n) is 6.59. The van der Waals surface area contributed by atoms with Crippen LogP contribution in [0.1, 0.15) is 17.7 Å². The summed E-state index contributed by atoms with van der Waals surface area (Å²) in [7, 11) is 4.18. The molecule has 2 aromatic heterocycles. The monoisotopic (exact) mass is 300 g/mol. The third-order valence-corrected chi connectivity index (χ3v) is 5.13. The summed E-state index contributed by atoms with van der Waals surface area (Å²) in [5.41, 5.74) is 2.68. The summed E-state index contributed by atoms with van der Waals surface area (Å²) >= 11 is 0. The predicted molar refractivity (Wildman–Crippen MR) is 85.2 cm³/mol. The van der Waals surface area contributed by atoms with Gasteiger partial charge in [-0.15, -0.1) is 0 Å². The molecular weight excluding hydrogens is 276 g/mol. The van der Waals surface area contributed by atoms with Gasteiger partial charge >= 0.3 is 0 Å². The third kappa shape index (κ3) is 2.46. The van der Waals surface area contributed by atoms with Crippen LogP contribution in [0, 0.1) is 0 Å². The standard InChI is InChI=1S/C16H24N6/c1-19-7-9-21(10-8-19)14-3-4-15-13(11-14)12-22(18-15)16-5-6-17-20(16)2/h5-6,12,14H,3-4,7-11H2,1-2H3. The SMILES string of the molecule is CN1CCN(C2CCc3nn(-c4ccnn4C)cc3C2)CC1. The van der Waals surface area contributed by atoms with Crippen LogP contribution in [0.4, 0.5) is 0 Å². The maximum Gasteiger partial charge on any atom is 0.151 e. The van der Waals surface area contributed by atoms with Crippen LogP contribution in [-0.4, -0.2) is 68.6 Å². The summed E-state index contributed by atoms with van der Waals surface area (Å²) in [5.74, 6) is 1.03. The van der Waals surface area contributed by atoms with Gasteiger partial charge in [-0.2, -0.15) is 10.2 Å². The zero-order chi connectivity index (χ0) is 15.1. The minimum atomic E-state index is 0.686. The van der Waals surface area contributed by atoms with E-state index < -0.39 is 0 Å². The van der Waals surface area contributed by atoms with Gasteiger partial charge in [0.15, 0.2) is 5.82 Å². The summed E-state index contributed by atoms with van der Waals surface area (Å²) in [5, 5.41) is 9.01. The van der Waals surface area contributed by atoms with Gasteiger partial charge in [0.2, 0.25) is 0 Å². The number of hydrogen-bond acceptors (Lipinski definition) is 4. The van der Waals surface area contributed by atoms with Crippen molar-refractivity contribution >= 4 is 0 Å². The van der Waals surface area contributed by atoms with Crippen LogP contribution in [0.5, 0.6) is 0 Å². The highest BCUT2D eigenvalue weighted by Gasteiger charge is 2.28. The number of likely N-dealkylation sites (N-methyl/N-ethyl adjacent to an activating group) is 1. The van der Waals surface area contributed by atoms with Crippen LogP contribution in [0.25, 0.3) is 5.82 Å². The van der Waals surface area contributed by atoms with Gasteiger partial charge in [-0.05, 0) is 31.9 Å². The van der Waals surface area contributed by atoms with Crippen molar-refractivity contribution < 1.29 is 0 Å². The lowest BCUT2D eigenvalue weighted by Crippen LogP contribution is -2.50. The molecule has 118 valence electrons.